The van der Waals surface area contributed by atoms with Crippen LogP contribution >= 0.6 is 0 Å². The molecule has 2 aromatic carbocycles. The van der Waals surface area contributed by atoms with Crippen molar-refractivity contribution in [1.29, 1.82) is 5.26 Å². The maximum atomic E-state index is 9.57. The van der Waals surface area contributed by atoms with E-state index in [2.05, 4.69) is 69.4 Å². The molecule has 2 atom stereocenters. The topological polar surface area (TPSA) is 56.3 Å². The molecule has 0 amide bonds. The fourth-order valence-electron chi connectivity index (χ4n) is 4.12. The number of hydrogen-bond donors (Lipinski definition) is 0. The predicted molar refractivity (Wildman–Crippen MR) is 109 cm³/mol. The van der Waals surface area contributed by atoms with Gasteiger partial charge in [-0.25, -0.2) is 4.98 Å². The Morgan fingerprint density at radius 1 is 0.857 bits per heavy atom. The second-order valence-corrected chi connectivity index (χ2v) is 7.49. The number of aromatic nitrogens is 1. The molecule has 1 aromatic heterocycles. The molecule has 5 heteroatoms. The minimum Gasteiger partial charge on any atom is -0.423 e. The minimum atomic E-state index is 0.286. The van der Waals surface area contributed by atoms with E-state index in [0.717, 1.165) is 32.6 Å². The van der Waals surface area contributed by atoms with Crippen LogP contribution in [0.3, 0.4) is 0 Å². The van der Waals surface area contributed by atoms with Gasteiger partial charge < -0.3 is 14.2 Å². The Bertz CT molecular complexity index is 984. The second kappa shape index (κ2) is 7.05. The Labute approximate surface area is 164 Å². The van der Waals surface area contributed by atoms with Crippen LogP contribution < -0.4 is 9.80 Å². The monoisotopic (exact) mass is 370 g/mol. The maximum absolute atomic E-state index is 9.57. The normalized spacial score (nSPS) is 21.4. The molecule has 3 aromatic rings. The zero-order chi connectivity index (χ0) is 18.9. The SMILES string of the molecule is N#Cc1nc([C@H]2C[C@@H]2c2ccccc2)oc1N1CCN(c2ccccc2)CC1. The summed E-state index contributed by atoms with van der Waals surface area (Å²) in [7, 11) is 0. The lowest BCUT2D eigenvalue weighted by Crippen LogP contribution is -2.46. The van der Waals surface area contributed by atoms with E-state index in [4.69, 9.17) is 4.42 Å². The summed E-state index contributed by atoms with van der Waals surface area (Å²) in [5.74, 6) is 2.10. The summed E-state index contributed by atoms with van der Waals surface area (Å²) >= 11 is 0. The Hall–Kier alpha value is -3.26. The number of nitriles is 1. The van der Waals surface area contributed by atoms with Gasteiger partial charge in [-0.1, -0.05) is 48.5 Å². The smallest absolute Gasteiger partial charge is 0.234 e. The van der Waals surface area contributed by atoms with Crippen LogP contribution in [0.5, 0.6) is 0 Å². The van der Waals surface area contributed by atoms with E-state index in [-0.39, 0.29) is 5.92 Å². The van der Waals surface area contributed by atoms with Crippen molar-refractivity contribution in [3.05, 3.63) is 77.8 Å². The van der Waals surface area contributed by atoms with Crippen molar-refractivity contribution in [1.82, 2.24) is 4.98 Å². The number of anilines is 2. The Morgan fingerprint density at radius 3 is 2.18 bits per heavy atom. The van der Waals surface area contributed by atoms with E-state index in [1.807, 2.05) is 12.1 Å². The summed E-state index contributed by atoms with van der Waals surface area (Å²) in [4.78, 5) is 9.06. The Morgan fingerprint density at radius 2 is 1.50 bits per heavy atom. The highest BCUT2D eigenvalue weighted by atomic mass is 16.4. The summed E-state index contributed by atoms with van der Waals surface area (Å²) in [6, 6.07) is 23.2. The third-order valence-corrected chi connectivity index (χ3v) is 5.76. The quantitative estimate of drug-likeness (QED) is 0.691. The van der Waals surface area contributed by atoms with Crippen LogP contribution in [0.2, 0.25) is 0 Å². The maximum Gasteiger partial charge on any atom is 0.234 e. The predicted octanol–water partition coefficient (Wildman–Crippen LogP) is 4.14. The van der Waals surface area contributed by atoms with E-state index in [1.54, 1.807) is 0 Å². The second-order valence-electron chi connectivity index (χ2n) is 7.49. The average Bonchev–Trinajstić information content (AvgIpc) is 3.46. The molecule has 2 heterocycles. The van der Waals surface area contributed by atoms with Crippen molar-refractivity contribution in [3.8, 4) is 6.07 Å². The van der Waals surface area contributed by atoms with Crippen LogP contribution in [-0.4, -0.2) is 31.2 Å². The number of piperazine rings is 1. The minimum absolute atomic E-state index is 0.286. The first-order valence-corrected chi connectivity index (χ1v) is 9.84. The fraction of sp³-hybridized carbons (Fsp3) is 0.304. The van der Waals surface area contributed by atoms with Gasteiger partial charge in [0.25, 0.3) is 0 Å². The summed E-state index contributed by atoms with van der Waals surface area (Å²) in [6.07, 6.45) is 1.04. The fourth-order valence-corrected chi connectivity index (χ4v) is 4.12. The zero-order valence-corrected chi connectivity index (χ0v) is 15.7. The summed E-state index contributed by atoms with van der Waals surface area (Å²) in [5.41, 5.74) is 2.98. The highest BCUT2D eigenvalue weighted by Gasteiger charge is 2.44. The Kier molecular flexibility index (Phi) is 4.25. The highest BCUT2D eigenvalue weighted by Crippen LogP contribution is 2.54. The molecule has 1 saturated heterocycles. The van der Waals surface area contributed by atoms with E-state index in [9.17, 15) is 5.26 Å². The standard InChI is InChI=1S/C23H22N4O/c24-16-21-23(27-13-11-26(12-14-27)18-9-5-2-6-10-18)28-22(25-21)20-15-19(20)17-7-3-1-4-8-17/h1-10,19-20H,11-15H2/t19-,20+/m1/s1. The lowest BCUT2D eigenvalue weighted by Gasteiger charge is -2.35. The number of nitrogens with zero attached hydrogens (tertiary/aromatic N) is 4. The molecule has 28 heavy (non-hydrogen) atoms. The lowest BCUT2D eigenvalue weighted by atomic mass is 10.1. The van der Waals surface area contributed by atoms with Crippen LogP contribution in [0.15, 0.2) is 65.1 Å². The van der Waals surface area contributed by atoms with Crippen LogP contribution in [0, 0.1) is 11.3 Å². The number of oxazole rings is 1. The third-order valence-electron chi connectivity index (χ3n) is 5.76. The van der Waals surface area contributed by atoms with Gasteiger partial charge in [0.1, 0.15) is 6.07 Å². The Balaban J connectivity index is 1.30. The van der Waals surface area contributed by atoms with Crippen molar-refractivity contribution in [3.63, 3.8) is 0 Å². The van der Waals surface area contributed by atoms with Crippen molar-refractivity contribution in [2.75, 3.05) is 36.0 Å². The molecule has 0 spiro atoms. The lowest BCUT2D eigenvalue weighted by molar-refractivity contribution is 0.476. The largest absolute Gasteiger partial charge is 0.423 e. The number of benzene rings is 2. The van der Waals surface area contributed by atoms with Crippen molar-refractivity contribution in [2.45, 2.75) is 18.3 Å². The number of rotatable bonds is 4. The van der Waals surface area contributed by atoms with Crippen molar-refractivity contribution < 1.29 is 4.42 Å². The number of hydrogen-bond acceptors (Lipinski definition) is 5. The van der Waals surface area contributed by atoms with Gasteiger partial charge in [0.15, 0.2) is 0 Å². The van der Waals surface area contributed by atoms with Gasteiger partial charge in [-0.05, 0) is 30.0 Å². The van der Waals surface area contributed by atoms with Gasteiger partial charge in [-0.2, -0.15) is 5.26 Å². The molecular formula is C23H22N4O. The van der Waals surface area contributed by atoms with Crippen LogP contribution in [0.25, 0.3) is 0 Å². The van der Waals surface area contributed by atoms with Gasteiger partial charge in [-0.15, -0.1) is 0 Å². The van der Waals surface area contributed by atoms with Crippen LogP contribution in [0.4, 0.5) is 11.6 Å². The first-order valence-electron chi connectivity index (χ1n) is 9.84. The molecule has 0 unspecified atom stereocenters. The van der Waals surface area contributed by atoms with E-state index in [1.165, 1.54) is 11.3 Å². The molecule has 5 rings (SSSR count). The molecule has 2 fully saturated rings. The molecule has 0 bridgehead atoms. The molecule has 0 N–H and O–H groups in total. The number of para-hydroxylation sites is 1. The van der Waals surface area contributed by atoms with E-state index >= 15 is 0 Å². The third kappa shape index (κ3) is 3.11. The molecule has 140 valence electrons. The first kappa shape index (κ1) is 16.9. The first-order chi connectivity index (χ1) is 13.8. The van der Waals surface area contributed by atoms with Crippen molar-refractivity contribution in [2.24, 2.45) is 0 Å². The molecule has 0 radical (unpaired) electrons. The van der Waals surface area contributed by atoms with Gasteiger partial charge in [0, 0.05) is 37.8 Å². The summed E-state index contributed by atoms with van der Waals surface area (Å²) in [6.45, 7) is 3.46. The van der Waals surface area contributed by atoms with E-state index < -0.39 is 0 Å². The van der Waals surface area contributed by atoms with Gasteiger partial charge in [-0.3, -0.25) is 0 Å². The molecule has 1 aliphatic carbocycles. The van der Waals surface area contributed by atoms with Crippen LogP contribution in [-0.2, 0) is 0 Å². The average molecular weight is 370 g/mol. The molecule has 1 aliphatic heterocycles. The zero-order valence-electron chi connectivity index (χ0n) is 15.7. The molecule has 5 nitrogen and oxygen atoms in total. The summed E-state index contributed by atoms with van der Waals surface area (Å²) in [5, 5.41) is 9.57. The van der Waals surface area contributed by atoms with Gasteiger partial charge in [0.2, 0.25) is 17.5 Å². The summed E-state index contributed by atoms with van der Waals surface area (Å²) < 4.78 is 6.14. The molecular weight excluding hydrogens is 348 g/mol. The highest BCUT2D eigenvalue weighted by molar-refractivity contribution is 5.52. The molecule has 2 aliphatic rings. The van der Waals surface area contributed by atoms with E-state index in [0.29, 0.717) is 23.4 Å². The van der Waals surface area contributed by atoms with Crippen LogP contribution in [0.1, 0.15) is 35.4 Å². The van der Waals surface area contributed by atoms with Crippen molar-refractivity contribution >= 4 is 11.6 Å². The molecule has 1 saturated carbocycles. The van der Waals surface area contributed by atoms with Gasteiger partial charge in [0.05, 0.1) is 0 Å². The van der Waals surface area contributed by atoms with Gasteiger partial charge >= 0.3 is 0 Å².